The molecule has 2 saturated heterocycles. The van der Waals surface area contributed by atoms with E-state index in [2.05, 4.69) is 97.0 Å². The molecular weight excluding hydrogens is 589 g/mol. The number of ether oxygens (including phenoxy) is 4. The van der Waals surface area contributed by atoms with Crippen LogP contribution in [0.4, 0.5) is 0 Å². The minimum Gasteiger partial charge on any atom is -0.399 e. The minimum absolute atomic E-state index is 0.212. The molecule has 2 aliphatic rings. The number of halogens is 1. The summed E-state index contributed by atoms with van der Waals surface area (Å²) >= 11 is 2.25. The molecule has 2 fully saturated rings. The molecule has 0 radical (unpaired) electrons. The van der Waals surface area contributed by atoms with Crippen molar-refractivity contribution in [3.63, 3.8) is 0 Å². The maximum absolute atomic E-state index is 7.42. The van der Waals surface area contributed by atoms with E-state index in [1.54, 1.807) is 7.11 Å². The average Bonchev–Trinajstić information content (AvgIpc) is 3.32. The Morgan fingerprint density at radius 1 is 1.03 bits per heavy atom. The predicted octanol–water partition coefficient (Wildman–Crippen LogP) is 3.87. The van der Waals surface area contributed by atoms with Gasteiger partial charge in [0.25, 0.3) is 8.32 Å². The maximum Gasteiger partial charge on any atom is 0.262 e. The quantitative estimate of drug-likeness (QED) is 0.131. The van der Waals surface area contributed by atoms with Crippen LogP contribution in [0, 0.1) is 0 Å². The van der Waals surface area contributed by atoms with Crippen LogP contribution < -0.4 is 10.4 Å². The molecule has 0 N–H and O–H groups in total. The molecular formula is C27H36INO6Si. The van der Waals surface area contributed by atoms with Gasteiger partial charge in [0.15, 0.2) is 18.7 Å². The van der Waals surface area contributed by atoms with Gasteiger partial charge in [0, 0.05) is 6.61 Å². The van der Waals surface area contributed by atoms with Crippen molar-refractivity contribution in [1.82, 2.24) is 0 Å². The molecule has 196 valence electrons. The lowest BCUT2D eigenvalue weighted by atomic mass is 10.0. The van der Waals surface area contributed by atoms with Gasteiger partial charge in [-0.1, -0.05) is 109 Å². The number of fused-ring (bicyclic) bond motifs is 2. The van der Waals surface area contributed by atoms with Gasteiger partial charge in [-0.05, 0) is 22.3 Å². The Morgan fingerprint density at radius 3 is 2.14 bits per heavy atom. The largest absolute Gasteiger partial charge is 0.399 e. The van der Waals surface area contributed by atoms with Crippen molar-refractivity contribution in [3.8, 4) is 0 Å². The molecule has 0 saturated carbocycles. The molecule has 0 aliphatic carbocycles. The Hall–Kier alpha value is -1.34. The summed E-state index contributed by atoms with van der Waals surface area (Å²) in [5.74, 6) is 0. The summed E-state index contributed by atoms with van der Waals surface area (Å²) in [7, 11) is -1.36. The number of alkyl halides is 1. The molecule has 9 heteroatoms. The van der Waals surface area contributed by atoms with E-state index in [0.717, 1.165) is 0 Å². The second-order valence-corrected chi connectivity index (χ2v) is 15.0. The lowest BCUT2D eigenvalue weighted by Crippen LogP contribution is -2.70. The van der Waals surface area contributed by atoms with Gasteiger partial charge in [-0.25, -0.2) is 0 Å². The van der Waals surface area contributed by atoms with Gasteiger partial charge >= 0.3 is 0 Å². The van der Waals surface area contributed by atoms with E-state index in [4.69, 9.17) is 28.2 Å². The standard InChI is InChI=1S/C27H36INO6Si/c1-6-31-22(17-28)34-25-23(29-30-5)24(21-18-32-26(25)33-21)35-36(27(2,3)4,19-13-9-7-10-14-19)20-15-11-8-12-16-20/h7-16,21-22,24-26H,6,17-18H2,1-5H3/b29-23+/t21-,22-,24-,25+,26-/m1/s1. The van der Waals surface area contributed by atoms with Gasteiger partial charge in [0.05, 0.1) is 11.0 Å². The van der Waals surface area contributed by atoms with E-state index in [9.17, 15) is 0 Å². The molecule has 2 aromatic rings. The third-order valence-electron chi connectivity index (χ3n) is 6.60. The summed E-state index contributed by atoms with van der Waals surface area (Å²) in [6.45, 7) is 9.62. The lowest BCUT2D eigenvalue weighted by Gasteiger charge is -2.47. The predicted molar refractivity (Wildman–Crippen MR) is 151 cm³/mol. The third kappa shape index (κ3) is 5.43. The monoisotopic (exact) mass is 625 g/mol. The molecule has 2 heterocycles. The van der Waals surface area contributed by atoms with Crippen molar-refractivity contribution < 1.29 is 28.2 Å². The number of nitrogens with zero attached hydrogens (tertiary/aromatic N) is 1. The molecule has 7 nitrogen and oxygen atoms in total. The van der Waals surface area contributed by atoms with E-state index in [1.165, 1.54) is 10.4 Å². The Morgan fingerprint density at radius 2 is 1.64 bits per heavy atom. The van der Waals surface area contributed by atoms with Crippen molar-refractivity contribution in [3.05, 3.63) is 60.7 Å². The highest BCUT2D eigenvalue weighted by Crippen LogP contribution is 2.40. The zero-order chi connectivity index (χ0) is 25.8. The second-order valence-electron chi connectivity index (χ2n) is 9.87. The fraction of sp³-hybridized carbons (Fsp3) is 0.519. The Labute approximate surface area is 228 Å². The molecule has 4 rings (SSSR count). The van der Waals surface area contributed by atoms with Crippen LogP contribution in [0.25, 0.3) is 0 Å². The van der Waals surface area contributed by atoms with Crippen LogP contribution in [-0.2, 0) is 28.2 Å². The van der Waals surface area contributed by atoms with Crippen LogP contribution in [0.1, 0.15) is 27.7 Å². The average molecular weight is 626 g/mol. The first kappa shape index (κ1) is 27.7. The summed E-state index contributed by atoms with van der Waals surface area (Å²) in [5.41, 5.74) is 0.638. The minimum atomic E-state index is -2.90. The van der Waals surface area contributed by atoms with Crippen molar-refractivity contribution in [1.29, 1.82) is 0 Å². The highest BCUT2D eigenvalue weighted by atomic mass is 127. The number of rotatable bonds is 10. The zero-order valence-corrected chi connectivity index (χ0v) is 24.7. The van der Waals surface area contributed by atoms with E-state index in [1.807, 2.05) is 19.1 Å². The normalized spacial score (nSPS) is 26.2. The lowest BCUT2D eigenvalue weighted by molar-refractivity contribution is -0.210. The van der Waals surface area contributed by atoms with E-state index >= 15 is 0 Å². The first-order valence-electron chi connectivity index (χ1n) is 12.4. The van der Waals surface area contributed by atoms with Crippen LogP contribution in [0.15, 0.2) is 65.8 Å². The molecule has 0 amide bonds. The molecule has 0 spiro atoms. The second kappa shape index (κ2) is 12.0. The van der Waals surface area contributed by atoms with Crippen molar-refractivity contribution in [2.24, 2.45) is 5.16 Å². The molecule has 2 aliphatic heterocycles. The molecule has 5 atom stereocenters. The summed E-state index contributed by atoms with van der Waals surface area (Å²) in [5, 5.41) is 6.61. The van der Waals surface area contributed by atoms with Crippen LogP contribution in [0.2, 0.25) is 5.04 Å². The molecule has 36 heavy (non-hydrogen) atoms. The van der Waals surface area contributed by atoms with Crippen LogP contribution in [-0.4, -0.2) is 69.7 Å². The Balaban J connectivity index is 1.82. The summed E-state index contributed by atoms with van der Waals surface area (Å²) in [4.78, 5) is 5.34. The molecule has 0 unspecified atom stereocenters. The molecule has 2 aromatic carbocycles. The van der Waals surface area contributed by atoms with Crippen molar-refractivity contribution >= 4 is 47.0 Å². The van der Waals surface area contributed by atoms with Crippen LogP contribution in [0.5, 0.6) is 0 Å². The van der Waals surface area contributed by atoms with Gasteiger partial charge in [-0.2, -0.15) is 0 Å². The SMILES string of the molecule is CCO[C@@H](CI)O[C@H]1/C(=N/OC)[C@H](O[Si](c2ccccc2)(c2ccccc2)C(C)(C)C)[C@H]2CO[C@@H]1O2. The maximum atomic E-state index is 7.42. The van der Waals surface area contributed by atoms with E-state index < -0.39 is 33.1 Å². The third-order valence-corrected chi connectivity index (χ3v) is 12.3. The van der Waals surface area contributed by atoms with Gasteiger partial charge in [-0.3, -0.25) is 0 Å². The van der Waals surface area contributed by atoms with Gasteiger partial charge < -0.3 is 28.2 Å². The summed E-state index contributed by atoms with van der Waals surface area (Å²) in [6.07, 6.45) is -2.47. The highest BCUT2D eigenvalue weighted by molar-refractivity contribution is 14.1. The number of hydrogen-bond acceptors (Lipinski definition) is 7. The highest BCUT2D eigenvalue weighted by Gasteiger charge is 2.58. The summed E-state index contributed by atoms with van der Waals surface area (Å²) < 4.78 is 32.6. The van der Waals surface area contributed by atoms with Crippen LogP contribution >= 0.6 is 22.6 Å². The zero-order valence-electron chi connectivity index (χ0n) is 21.6. The topological polar surface area (TPSA) is 67.7 Å². The van der Waals surface area contributed by atoms with E-state index in [-0.39, 0.29) is 11.1 Å². The fourth-order valence-electron chi connectivity index (χ4n) is 5.08. The molecule has 2 bridgehead atoms. The number of benzene rings is 2. The fourth-order valence-corrected chi connectivity index (χ4v) is 10.2. The molecule has 0 aromatic heterocycles. The summed E-state index contributed by atoms with van der Waals surface area (Å²) in [6, 6.07) is 21.1. The smallest absolute Gasteiger partial charge is 0.262 e. The Bertz CT molecular complexity index is 963. The van der Waals surface area contributed by atoms with Gasteiger partial charge in [-0.15, -0.1) is 0 Å². The Kier molecular flexibility index (Phi) is 9.24. The first-order chi connectivity index (χ1) is 17.4. The van der Waals surface area contributed by atoms with Crippen LogP contribution in [0.3, 0.4) is 0 Å². The van der Waals surface area contributed by atoms with E-state index in [0.29, 0.717) is 23.4 Å². The van der Waals surface area contributed by atoms with Crippen molar-refractivity contribution in [2.75, 3.05) is 24.8 Å². The first-order valence-corrected chi connectivity index (χ1v) is 15.8. The van der Waals surface area contributed by atoms with Gasteiger partial charge in [0.2, 0.25) is 0 Å². The number of oxime groups is 1. The van der Waals surface area contributed by atoms with Crippen molar-refractivity contribution in [2.45, 2.75) is 63.6 Å². The van der Waals surface area contributed by atoms with Gasteiger partial charge in [0.1, 0.15) is 25.0 Å². The number of hydrogen-bond donors (Lipinski definition) is 0.